The first kappa shape index (κ1) is 17.4. The Hall–Kier alpha value is -1.96. The quantitative estimate of drug-likeness (QED) is 0.635. The molecule has 122 valence electrons. The number of rotatable bonds is 6. The van der Waals surface area contributed by atoms with E-state index in [-0.39, 0.29) is 11.4 Å². The third-order valence-electron chi connectivity index (χ3n) is 3.21. The lowest BCUT2D eigenvalue weighted by Gasteiger charge is -2.15. The van der Waals surface area contributed by atoms with Gasteiger partial charge in [0.1, 0.15) is 0 Å². The van der Waals surface area contributed by atoms with Crippen LogP contribution >= 0.6 is 11.6 Å². The first-order valence-electron chi connectivity index (χ1n) is 6.75. The van der Waals surface area contributed by atoms with Crippen LogP contribution in [0.1, 0.15) is 24.1 Å². The molecule has 2 rings (SSSR count). The first-order chi connectivity index (χ1) is 10.8. The molecule has 6 nitrogen and oxygen atoms in total. The molecule has 1 atom stereocenters. The maximum atomic E-state index is 12.2. The molecule has 0 radical (unpaired) electrons. The Morgan fingerprint density at radius 1 is 1.22 bits per heavy atom. The molecule has 0 heterocycles. The van der Waals surface area contributed by atoms with E-state index in [1.807, 2.05) is 0 Å². The van der Waals surface area contributed by atoms with E-state index in [2.05, 4.69) is 4.72 Å². The standard InChI is InChI=1S/C15H15ClN2O4S/c1-11(13-3-2-4-14(16)9-13)17-23(21,22)10-12-5-7-15(8-6-12)18(19)20/h2-9,11,17H,10H2,1H3. The summed E-state index contributed by atoms with van der Waals surface area (Å²) in [5, 5.41) is 11.1. The SMILES string of the molecule is CC(NS(=O)(=O)Cc1ccc([N+](=O)[O-])cc1)c1cccc(Cl)c1. The third kappa shape index (κ3) is 5.02. The second-order valence-electron chi connectivity index (χ2n) is 5.08. The zero-order valence-electron chi connectivity index (χ0n) is 12.3. The molecular weight excluding hydrogens is 340 g/mol. The minimum absolute atomic E-state index is 0.0774. The zero-order valence-corrected chi connectivity index (χ0v) is 13.8. The van der Waals surface area contributed by atoms with Crippen LogP contribution in [0.15, 0.2) is 48.5 Å². The van der Waals surface area contributed by atoms with Crippen LogP contribution < -0.4 is 4.72 Å². The average molecular weight is 355 g/mol. The second-order valence-corrected chi connectivity index (χ2v) is 7.27. The van der Waals surface area contributed by atoms with Gasteiger partial charge in [0.05, 0.1) is 10.7 Å². The second kappa shape index (κ2) is 7.08. The number of sulfonamides is 1. The van der Waals surface area contributed by atoms with Crippen molar-refractivity contribution in [3.63, 3.8) is 0 Å². The topological polar surface area (TPSA) is 89.3 Å². The molecule has 1 N–H and O–H groups in total. The summed E-state index contributed by atoms with van der Waals surface area (Å²) in [4.78, 5) is 10.1. The average Bonchev–Trinajstić information content (AvgIpc) is 2.46. The third-order valence-corrected chi connectivity index (χ3v) is 4.87. The van der Waals surface area contributed by atoms with Gasteiger partial charge < -0.3 is 0 Å². The van der Waals surface area contributed by atoms with Crippen molar-refractivity contribution >= 4 is 27.3 Å². The predicted octanol–water partition coefficient (Wildman–Crippen LogP) is 3.43. The highest BCUT2D eigenvalue weighted by Crippen LogP contribution is 2.19. The molecule has 0 aliphatic heterocycles. The molecule has 0 aliphatic carbocycles. The minimum atomic E-state index is -3.59. The molecule has 0 spiro atoms. The molecule has 2 aromatic rings. The molecule has 8 heteroatoms. The monoisotopic (exact) mass is 354 g/mol. The number of nitro groups is 1. The summed E-state index contributed by atoms with van der Waals surface area (Å²) < 4.78 is 27.0. The molecule has 0 fully saturated rings. The van der Waals surface area contributed by atoms with Gasteiger partial charge >= 0.3 is 0 Å². The van der Waals surface area contributed by atoms with Crippen LogP contribution in [0.2, 0.25) is 5.02 Å². The summed E-state index contributed by atoms with van der Waals surface area (Å²) >= 11 is 5.90. The summed E-state index contributed by atoms with van der Waals surface area (Å²) in [7, 11) is -3.59. The molecule has 0 aliphatic rings. The van der Waals surface area contributed by atoms with E-state index < -0.39 is 21.0 Å². The molecule has 0 amide bonds. The number of nitrogens with one attached hydrogen (secondary N) is 1. The van der Waals surface area contributed by atoms with Gasteiger partial charge in [-0.3, -0.25) is 10.1 Å². The molecule has 0 saturated heterocycles. The smallest absolute Gasteiger partial charge is 0.258 e. The Balaban J connectivity index is 2.08. The Kier molecular flexibility index (Phi) is 5.35. The van der Waals surface area contributed by atoms with E-state index in [0.29, 0.717) is 10.6 Å². The fraction of sp³-hybridized carbons (Fsp3) is 0.200. The number of non-ortho nitro benzene ring substituents is 1. The van der Waals surface area contributed by atoms with Crippen molar-refractivity contribution in [2.24, 2.45) is 0 Å². The fourth-order valence-electron chi connectivity index (χ4n) is 2.09. The Morgan fingerprint density at radius 2 is 1.87 bits per heavy atom. The van der Waals surface area contributed by atoms with Crippen LogP contribution in [0, 0.1) is 10.1 Å². The van der Waals surface area contributed by atoms with Gasteiger partial charge in [-0.1, -0.05) is 35.9 Å². The molecule has 2 aromatic carbocycles. The van der Waals surface area contributed by atoms with Gasteiger partial charge in [0, 0.05) is 23.2 Å². The summed E-state index contributed by atoms with van der Waals surface area (Å²) in [5.41, 5.74) is 1.15. The van der Waals surface area contributed by atoms with Gasteiger partial charge in [-0.25, -0.2) is 13.1 Å². The van der Waals surface area contributed by atoms with Crippen molar-refractivity contribution < 1.29 is 13.3 Å². The van der Waals surface area contributed by atoms with E-state index in [0.717, 1.165) is 5.56 Å². The number of nitrogens with zero attached hydrogens (tertiary/aromatic N) is 1. The van der Waals surface area contributed by atoms with Gasteiger partial charge in [-0.2, -0.15) is 0 Å². The molecule has 1 unspecified atom stereocenters. The molecule has 0 saturated carbocycles. The molecule has 0 bridgehead atoms. The summed E-state index contributed by atoms with van der Waals surface area (Å²) in [6.07, 6.45) is 0. The highest BCUT2D eigenvalue weighted by molar-refractivity contribution is 7.88. The van der Waals surface area contributed by atoms with Gasteiger partial charge in [0.2, 0.25) is 10.0 Å². The predicted molar refractivity (Wildman–Crippen MR) is 88.7 cm³/mol. The number of benzene rings is 2. The van der Waals surface area contributed by atoms with Crippen molar-refractivity contribution in [3.8, 4) is 0 Å². The lowest BCUT2D eigenvalue weighted by atomic mass is 10.1. The minimum Gasteiger partial charge on any atom is -0.258 e. The van der Waals surface area contributed by atoms with E-state index >= 15 is 0 Å². The Morgan fingerprint density at radius 3 is 2.43 bits per heavy atom. The molecular formula is C15H15ClN2O4S. The highest BCUT2D eigenvalue weighted by atomic mass is 35.5. The largest absolute Gasteiger partial charge is 0.269 e. The van der Waals surface area contributed by atoms with Crippen LogP contribution in [0.4, 0.5) is 5.69 Å². The van der Waals surface area contributed by atoms with E-state index in [1.54, 1.807) is 31.2 Å². The Labute approximate surface area is 139 Å². The highest BCUT2D eigenvalue weighted by Gasteiger charge is 2.17. The Bertz CT molecular complexity index is 806. The molecule has 0 aromatic heterocycles. The lowest BCUT2D eigenvalue weighted by molar-refractivity contribution is -0.384. The number of halogens is 1. The van der Waals surface area contributed by atoms with E-state index in [1.165, 1.54) is 24.3 Å². The number of hydrogen-bond acceptors (Lipinski definition) is 4. The van der Waals surface area contributed by atoms with Gasteiger partial charge in [0.15, 0.2) is 0 Å². The summed E-state index contributed by atoms with van der Waals surface area (Å²) in [6.45, 7) is 1.72. The number of nitro benzene ring substituents is 1. The van der Waals surface area contributed by atoms with Crippen molar-refractivity contribution in [2.45, 2.75) is 18.7 Å². The fourth-order valence-corrected chi connectivity index (χ4v) is 3.68. The van der Waals surface area contributed by atoms with Crippen LogP contribution in [0.3, 0.4) is 0 Å². The van der Waals surface area contributed by atoms with Crippen LogP contribution in [-0.2, 0) is 15.8 Å². The zero-order chi connectivity index (χ0) is 17.0. The van der Waals surface area contributed by atoms with Crippen molar-refractivity contribution in [1.29, 1.82) is 0 Å². The van der Waals surface area contributed by atoms with Crippen molar-refractivity contribution in [3.05, 3.63) is 74.8 Å². The van der Waals surface area contributed by atoms with Crippen molar-refractivity contribution in [2.75, 3.05) is 0 Å². The summed E-state index contributed by atoms with van der Waals surface area (Å²) in [5.74, 6) is -0.254. The molecule has 23 heavy (non-hydrogen) atoms. The van der Waals surface area contributed by atoms with Gasteiger partial charge in [-0.05, 0) is 30.2 Å². The van der Waals surface area contributed by atoms with Crippen LogP contribution in [0.5, 0.6) is 0 Å². The van der Waals surface area contributed by atoms with Gasteiger partial charge in [-0.15, -0.1) is 0 Å². The van der Waals surface area contributed by atoms with Gasteiger partial charge in [0.25, 0.3) is 5.69 Å². The van der Waals surface area contributed by atoms with Crippen LogP contribution in [-0.4, -0.2) is 13.3 Å². The summed E-state index contributed by atoms with van der Waals surface area (Å²) in [6, 6.07) is 11.9. The first-order valence-corrected chi connectivity index (χ1v) is 8.79. The lowest BCUT2D eigenvalue weighted by Crippen LogP contribution is -2.28. The maximum Gasteiger partial charge on any atom is 0.269 e. The van der Waals surface area contributed by atoms with E-state index in [9.17, 15) is 18.5 Å². The normalized spacial score (nSPS) is 12.8. The maximum absolute atomic E-state index is 12.2. The van der Waals surface area contributed by atoms with Crippen LogP contribution in [0.25, 0.3) is 0 Å². The number of hydrogen-bond donors (Lipinski definition) is 1. The van der Waals surface area contributed by atoms with E-state index in [4.69, 9.17) is 11.6 Å². The van der Waals surface area contributed by atoms with Crippen molar-refractivity contribution in [1.82, 2.24) is 4.72 Å².